The summed E-state index contributed by atoms with van der Waals surface area (Å²) in [6.07, 6.45) is 4.41. The van der Waals surface area contributed by atoms with Crippen molar-refractivity contribution in [2.75, 3.05) is 6.54 Å². The van der Waals surface area contributed by atoms with Crippen molar-refractivity contribution in [3.63, 3.8) is 0 Å². The third kappa shape index (κ3) is 2.41. The highest BCUT2D eigenvalue weighted by molar-refractivity contribution is 5.73. The molecule has 0 radical (unpaired) electrons. The van der Waals surface area contributed by atoms with Crippen molar-refractivity contribution in [1.29, 1.82) is 0 Å². The van der Waals surface area contributed by atoms with Crippen LogP contribution in [0.1, 0.15) is 42.7 Å². The van der Waals surface area contributed by atoms with Crippen molar-refractivity contribution < 1.29 is 9.90 Å². The highest BCUT2D eigenvalue weighted by Crippen LogP contribution is 2.40. The van der Waals surface area contributed by atoms with Gasteiger partial charge in [-0.1, -0.05) is 24.3 Å². The number of carboxylic acids is 1. The van der Waals surface area contributed by atoms with Crippen molar-refractivity contribution in [2.24, 2.45) is 0 Å². The van der Waals surface area contributed by atoms with E-state index >= 15 is 0 Å². The van der Waals surface area contributed by atoms with Crippen LogP contribution in [0.5, 0.6) is 0 Å². The minimum absolute atomic E-state index is 0.283. The summed E-state index contributed by atoms with van der Waals surface area (Å²) in [6.45, 7) is 1.68. The zero-order chi connectivity index (χ0) is 12.5. The number of likely N-dealkylation sites (tertiary alicyclic amines) is 1. The van der Waals surface area contributed by atoms with Gasteiger partial charge in [0.2, 0.25) is 0 Å². The Balaban J connectivity index is 1.71. The summed E-state index contributed by atoms with van der Waals surface area (Å²) in [5.41, 5.74) is 2.69. The molecule has 1 saturated carbocycles. The van der Waals surface area contributed by atoms with Gasteiger partial charge in [0.05, 0.1) is 0 Å². The van der Waals surface area contributed by atoms with Gasteiger partial charge in [0.1, 0.15) is 6.04 Å². The number of benzene rings is 1. The highest BCUT2D eigenvalue weighted by Gasteiger charge is 2.30. The number of hydrogen-bond donors (Lipinski definition) is 1. The van der Waals surface area contributed by atoms with Crippen molar-refractivity contribution in [1.82, 2.24) is 4.90 Å². The van der Waals surface area contributed by atoms with E-state index in [1.807, 2.05) is 0 Å². The fraction of sp³-hybridized carbons (Fsp3) is 0.533. The monoisotopic (exact) mass is 245 g/mol. The lowest BCUT2D eigenvalue weighted by Crippen LogP contribution is -2.35. The van der Waals surface area contributed by atoms with E-state index in [-0.39, 0.29) is 6.04 Å². The highest BCUT2D eigenvalue weighted by atomic mass is 16.4. The Morgan fingerprint density at radius 3 is 2.89 bits per heavy atom. The predicted molar refractivity (Wildman–Crippen MR) is 69.5 cm³/mol. The van der Waals surface area contributed by atoms with E-state index in [9.17, 15) is 9.90 Å². The second-order valence-electron chi connectivity index (χ2n) is 5.49. The first kappa shape index (κ1) is 11.7. The lowest BCUT2D eigenvalue weighted by molar-refractivity contribution is -0.142. The zero-order valence-corrected chi connectivity index (χ0v) is 10.5. The molecule has 18 heavy (non-hydrogen) atoms. The molecule has 0 amide bonds. The van der Waals surface area contributed by atoms with Crippen LogP contribution < -0.4 is 0 Å². The molecule has 0 bridgehead atoms. The first-order valence-corrected chi connectivity index (χ1v) is 6.80. The molecule has 1 aliphatic heterocycles. The van der Waals surface area contributed by atoms with Crippen LogP contribution in [0, 0.1) is 0 Å². The van der Waals surface area contributed by atoms with Gasteiger partial charge in [-0.05, 0) is 49.3 Å². The third-order valence-electron chi connectivity index (χ3n) is 4.03. The summed E-state index contributed by atoms with van der Waals surface area (Å²) in [7, 11) is 0. The molecule has 0 spiro atoms. The molecule has 1 N–H and O–H groups in total. The molecule has 0 aromatic heterocycles. The fourth-order valence-corrected chi connectivity index (χ4v) is 2.89. The molecule has 1 atom stereocenters. The van der Waals surface area contributed by atoms with Gasteiger partial charge < -0.3 is 5.11 Å². The van der Waals surface area contributed by atoms with Crippen LogP contribution in [0.2, 0.25) is 0 Å². The molecule has 2 fully saturated rings. The summed E-state index contributed by atoms with van der Waals surface area (Å²) in [5, 5.41) is 9.17. The first-order chi connectivity index (χ1) is 8.74. The van der Waals surface area contributed by atoms with Crippen LogP contribution in [0.15, 0.2) is 24.3 Å². The largest absolute Gasteiger partial charge is 0.480 e. The zero-order valence-electron chi connectivity index (χ0n) is 10.5. The molecule has 3 heteroatoms. The predicted octanol–water partition coefficient (Wildman–Crippen LogP) is 2.61. The van der Waals surface area contributed by atoms with Crippen LogP contribution >= 0.6 is 0 Å². The Bertz CT molecular complexity index is 454. The van der Waals surface area contributed by atoms with Crippen molar-refractivity contribution in [3.05, 3.63) is 35.4 Å². The van der Waals surface area contributed by atoms with Gasteiger partial charge >= 0.3 is 5.97 Å². The standard InChI is InChI=1S/C15H19NO2/c17-15(18)14-5-2-8-16(14)10-11-3-1-4-13(9-11)12-6-7-12/h1,3-4,9,12,14H,2,5-8,10H2,(H,17,18)/t14-/m0/s1. The Morgan fingerprint density at radius 2 is 2.17 bits per heavy atom. The van der Waals surface area contributed by atoms with Gasteiger partial charge in [-0.3, -0.25) is 9.69 Å². The van der Waals surface area contributed by atoms with Gasteiger partial charge in [0.15, 0.2) is 0 Å². The normalized spacial score (nSPS) is 24.3. The fourth-order valence-electron chi connectivity index (χ4n) is 2.89. The van der Waals surface area contributed by atoms with Crippen LogP contribution in [0.4, 0.5) is 0 Å². The molecule has 1 aromatic rings. The molecule has 96 valence electrons. The molecular weight excluding hydrogens is 226 g/mol. The molecule has 1 heterocycles. The molecule has 3 rings (SSSR count). The van der Waals surface area contributed by atoms with E-state index in [2.05, 4.69) is 29.2 Å². The molecule has 0 unspecified atom stereocenters. The molecule has 1 saturated heterocycles. The second-order valence-corrected chi connectivity index (χ2v) is 5.49. The average Bonchev–Trinajstić information content (AvgIpc) is 3.10. The van der Waals surface area contributed by atoms with Crippen LogP contribution in [0.3, 0.4) is 0 Å². The topological polar surface area (TPSA) is 40.5 Å². The second kappa shape index (κ2) is 4.73. The van der Waals surface area contributed by atoms with Crippen LogP contribution in [-0.2, 0) is 11.3 Å². The molecule has 1 aliphatic carbocycles. The maximum absolute atomic E-state index is 11.1. The number of nitrogens with zero attached hydrogens (tertiary/aromatic N) is 1. The Kier molecular flexibility index (Phi) is 3.08. The van der Waals surface area contributed by atoms with E-state index < -0.39 is 5.97 Å². The third-order valence-corrected chi connectivity index (χ3v) is 4.03. The first-order valence-electron chi connectivity index (χ1n) is 6.80. The Morgan fingerprint density at radius 1 is 1.33 bits per heavy atom. The maximum Gasteiger partial charge on any atom is 0.320 e. The summed E-state index contributed by atoms with van der Waals surface area (Å²) >= 11 is 0. The minimum atomic E-state index is -0.675. The number of rotatable bonds is 4. The van der Waals surface area contributed by atoms with Gasteiger partial charge in [0, 0.05) is 6.54 Å². The van der Waals surface area contributed by atoms with Crippen molar-refractivity contribution in [3.8, 4) is 0 Å². The van der Waals surface area contributed by atoms with E-state index in [4.69, 9.17) is 0 Å². The van der Waals surface area contributed by atoms with Gasteiger partial charge in [-0.15, -0.1) is 0 Å². The number of aliphatic carboxylic acids is 1. The van der Waals surface area contributed by atoms with E-state index in [0.717, 1.165) is 31.8 Å². The Hall–Kier alpha value is -1.35. The van der Waals surface area contributed by atoms with E-state index in [0.29, 0.717) is 0 Å². The SMILES string of the molecule is O=C(O)[C@@H]1CCCN1Cc1cccc(C2CC2)c1. The summed E-state index contributed by atoms with van der Waals surface area (Å²) in [4.78, 5) is 13.2. The molecule has 2 aliphatic rings. The summed E-state index contributed by atoms with van der Waals surface area (Å²) in [6, 6.07) is 8.39. The van der Waals surface area contributed by atoms with Crippen molar-refractivity contribution >= 4 is 5.97 Å². The van der Waals surface area contributed by atoms with Gasteiger partial charge in [-0.2, -0.15) is 0 Å². The minimum Gasteiger partial charge on any atom is -0.480 e. The smallest absolute Gasteiger partial charge is 0.320 e. The van der Waals surface area contributed by atoms with E-state index in [1.165, 1.54) is 24.0 Å². The quantitative estimate of drug-likeness (QED) is 0.886. The average molecular weight is 245 g/mol. The number of carbonyl (C=O) groups is 1. The lowest BCUT2D eigenvalue weighted by Gasteiger charge is -2.21. The number of carboxylic acid groups (broad SMARTS) is 1. The van der Waals surface area contributed by atoms with Crippen LogP contribution in [0.25, 0.3) is 0 Å². The van der Waals surface area contributed by atoms with Crippen LogP contribution in [-0.4, -0.2) is 28.6 Å². The lowest BCUT2D eigenvalue weighted by atomic mass is 10.1. The summed E-state index contributed by atoms with van der Waals surface area (Å²) < 4.78 is 0. The summed E-state index contributed by atoms with van der Waals surface area (Å²) in [5.74, 6) is 0.0876. The Labute approximate surface area is 107 Å². The molecular formula is C15H19NO2. The van der Waals surface area contributed by atoms with E-state index in [1.54, 1.807) is 0 Å². The molecule has 3 nitrogen and oxygen atoms in total. The van der Waals surface area contributed by atoms with Gasteiger partial charge in [-0.25, -0.2) is 0 Å². The maximum atomic E-state index is 11.1. The van der Waals surface area contributed by atoms with Gasteiger partial charge in [0.25, 0.3) is 0 Å². The van der Waals surface area contributed by atoms with Crippen molar-refractivity contribution in [2.45, 2.75) is 44.2 Å². The molecule has 1 aromatic carbocycles. The number of hydrogen-bond acceptors (Lipinski definition) is 2.